The van der Waals surface area contributed by atoms with Crippen LogP contribution >= 0.6 is 0 Å². The first-order valence-electron chi connectivity index (χ1n) is 26.7. The van der Waals surface area contributed by atoms with Gasteiger partial charge in [-0.2, -0.15) is 0 Å². The molecular formula is C63H75N3O8. The number of amides is 1. The summed E-state index contributed by atoms with van der Waals surface area (Å²) < 4.78 is 6.30. The lowest BCUT2D eigenvalue weighted by Crippen LogP contribution is -2.61. The Morgan fingerprint density at radius 1 is 0.919 bits per heavy atom. The van der Waals surface area contributed by atoms with Gasteiger partial charge in [0.15, 0.2) is 5.78 Å². The van der Waals surface area contributed by atoms with E-state index in [2.05, 4.69) is 72.4 Å². The Bertz CT molecular complexity index is 2860. The summed E-state index contributed by atoms with van der Waals surface area (Å²) in [4.78, 5) is 29.1. The molecule has 390 valence electrons. The molecule has 9 N–H and O–H groups in total. The minimum absolute atomic E-state index is 0.0333. The number of hydrogen-bond acceptors (Lipinski definition) is 10. The van der Waals surface area contributed by atoms with Crippen molar-refractivity contribution in [1.29, 1.82) is 0 Å². The number of allylic oxidation sites excluding steroid dienone is 9. The number of benzene rings is 3. The molecule has 4 bridgehead atoms. The Labute approximate surface area is 437 Å². The lowest BCUT2D eigenvalue weighted by Gasteiger charge is -2.57. The highest BCUT2D eigenvalue weighted by molar-refractivity contribution is 5.98. The van der Waals surface area contributed by atoms with Crippen molar-refractivity contribution < 1.29 is 39.9 Å². The van der Waals surface area contributed by atoms with Crippen LogP contribution in [0.2, 0.25) is 0 Å². The van der Waals surface area contributed by atoms with Gasteiger partial charge >= 0.3 is 0 Å². The number of fused-ring (bicyclic) bond motifs is 6. The van der Waals surface area contributed by atoms with Crippen molar-refractivity contribution in [3.63, 3.8) is 0 Å². The first kappa shape index (κ1) is 53.2. The van der Waals surface area contributed by atoms with E-state index in [1.165, 1.54) is 5.57 Å². The second-order valence-corrected chi connectivity index (χ2v) is 22.4. The van der Waals surface area contributed by atoms with E-state index in [1.54, 1.807) is 12.1 Å². The molecule has 0 aromatic heterocycles. The number of phenols is 1. The van der Waals surface area contributed by atoms with Gasteiger partial charge in [-0.3, -0.25) is 14.9 Å². The van der Waals surface area contributed by atoms with E-state index in [-0.39, 0.29) is 49.5 Å². The minimum atomic E-state index is -1.36. The fourth-order valence-corrected chi connectivity index (χ4v) is 13.4. The molecule has 74 heavy (non-hydrogen) atoms. The van der Waals surface area contributed by atoms with Crippen LogP contribution in [0.1, 0.15) is 124 Å². The van der Waals surface area contributed by atoms with Crippen molar-refractivity contribution in [3.05, 3.63) is 171 Å². The molecule has 0 saturated heterocycles. The Morgan fingerprint density at radius 3 is 2.49 bits per heavy atom. The van der Waals surface area contributed by atoms with Crippen LogP contribution in [0.5, 0.6) is 5.75 Å². The molecule has 0 radical (unpaired) electrons. The van der Waals surface area contributed by atoms with Crippen LogP contribution in [-0.4, -0.2) is 80.9 Å². The van der Waals surface area contributed by atoms with E-state index in [0.717, 1.165) is 51.8 Å². The first-order chi connectivity index (χ1) is 35.5. The van der Waals surface area contributed by atoms with Gasteiger partial charge in [-0.1, -0.05) is 120 Å². The number of Topliss-reactive ketones (excluding diaryl/α,β-unsaturated/α-hetero) is 1. The third kappa shape index (κ3) is 10.9. The predicted molar refractivity (Wildman–Crippen MR) is 288 cm³/mol. The molecule has 6 aliphatic rings. The van der Waals surface area contributed by atoms with E-state index in [4.69, 9.17) is 10.5 Å². The number of hydrogen-bond donors (Lipinski definition) is 8. The molecule has 3 aliphatic carbocycles. The Hall–Kier alpha value is -5.68. The van der Waals surface area contributed by atoms with Crippen molar-refractivity contribution in [3.8, 4) is 17.6 Å². The van der Waals surface area contributed by atoms with Crippen molar-refractivity contribution >= 4 is 11.7 Å². The van der Waals surface area contributed by atoms with E-state index in [9.17, 15) is 30.3 Å². The SMILES string of the molecule is C=C1C=C2C=CC3(CCC4(C5CCC(O)Cc6cccc(c6)CC(Cc6ccc(O)cc6)C(O)CNC6C(=O)NC(N)c7cccc(c76)CC(=O)C(C)=C5CCC4(C)O)C3O)C(=C2)COCC#CCC(C)=CCC1. The summed E-state index contributed by atoms with van der Waals surface area (Å²) in [5.74, 6) is 5.26. The normalized spacial score (nSPS) is 32.4. The molecule has 3 aromatic carbocycles. The second kappa shape index (κ2) is 22.3. The molecule has 1 amide bonds. The summed E-state index contributed by atoms with van der Waals surface area (Å²) in [6, 6.07) is 19.7. The molecule has 10 unspecified atom stereocenters. The standard InChI is InChI=1S/C63H75N3O8/c1-39-10-5-6-29-74-38-48-34-45(30-40(2)12-7-11-39)23-26-62(48)27-28-63(60(62)72)53-22-21-50(68)35-44-14-8-13-43(31-44)33-47(32-42-17-19-49(67)20-18-42)55(70)37-65-57-56-46(15-9-16-52(56)58(64)66-59(57)71)36-54(69)41(3)51(53)24-25-61(63,4)73/h8-9,11,13-20,23,26,30-31,34,47,50,53,55,57-58,60,65,67-68,70,72-73H,2,7,10,12,21-22,24-25,27-29,32-33,35-38,64H2,1,3-4H3,(H,66,71). The number of carbonyl (C=O) groups is 2. The number of nitrogens with one attached hydrogen (secondary N) is 2. The minimum Gasteiger partial charge on any atom is -0.508 e. The summed E-state index contributed by atoms with van der Waals surface area (Å²) >= 11 is 0. The van der Waals surface area contributed by atoms with Crippen LogP contribution in [0.3, 0.4) is 0 Å². The molecule has 2 saturated carbocycles. The maximum absolute atomic E-state index is 15.1. The van der Waals surface area contributed by atoms with Gasteiger partial charge < -0.3 is 41.3 Å². The van der Waals surface area contributed by atoms with Gasteiger partial charge in [0.25, 0.3) is 0 Å². The highest BCUT2D eigenvalue weighted by Gasteiger charge is 2.68. The van der Waals surface area contributed by atoms with Gasteiger partial charge in [0.05, 0.1) is 30.5 Å². The van der Waals surface area contributed by atoms with Gasteiger partial charge in [0, 0.05) is 30.2 Å². The average Bonchev–Trinajstić information content (AvgIpc) is 3.69. The van der Waals surface area contributed by atoms with E-state index >= 15 is 4.79 Å². The van der Waals surface area contributed by atoms with Crippen molar-refractivity contribution in [2.75, 3.05) is 19.8 Å². The van der Waals surface area contributed by atoms with E-state index in [0.29, 0.717) is 86.5 Å². The first-order valence-corrected chi connectivity index (χ1v) is 26.7. The number of ether oxygens (including phenoxy) is 1. The smallest absolute Gasteiger partial charge is 0.243 e. The van der Waals surface area contributed by atoms with Gasteiger partial charge in [-0.05, 0) is 165 Å². The lowest BCUT2D eigenvalue weighted by atomic mass is 9.51. The number of rotatable bonds is 2. The van der Waals surface area contributed by atoms with Crippen LogP contribution in [0.25, 0.3) is 0 Å². The number of phenolic OH excluding ortho intramolecular Hbond substituents is 1. The average molecular weight is 1000 g/mol. The molecule has 3 aliphatic heterocycles. The maximum atomic E-state index is 15.1. The van der Waals surface area contributed by atoms with Crippen LogP contribution in [-0.2, 0) is 40.0 Å². The summed E-state index contributed by atoms with van der Waals surface area (Å²) in [5.41, 5.74) is 13.5. The van der Waals surface area contributed by atoms with Gasteiger partial charge in [0.1, 0.15) is 24.6 Å². The van der Waals surface area contributed by atoms with Crippen LogP contribution in [0.4, 0.5) is 0 Å². The zero-order valence-corrected chi connectivity index (χ0v) is 43.3. The van der Waals surface area contributed by atoms with E-state index in [1.807, 2.05) is 62.4 Å². The molecular weight excluding hydrogens is 927 g/mol. The molecule has 2 spiro atoms. The topological polar surface area (TPSA) is 195 Å². The number of ketones is 1. The molecule has 9 rings (SSSR count). The van der Waals surface area contributed by atoms with Crippen molar-refractivity contribution in [2.45, 2.75) is 140 Å². The second-order valence-electron chi connectivity index (χ2n) is 22.4. The number of nitrogens with two attached hydrogens (primary N) is 1. The summed E-state index contributed by atoms with van der Waals surface area (Å²) in [6.07, 6.45) is 13.1. The van der Waals surface area contributed by atoms with Gasteiger partial charge in [-0.25, -0.2) is 0 Å². The lowest BCUT2D eigenvalue weighted by molar-refractivity contribution is -0.174. The Morgan fingerprint density at radius 2 is 1.69 bits per heavy atom. The summed E-state index contributed by atoms with van der Waals surface area (Å²) in [5, 5.41) is 67.0. The third-order valence-corrected chi connectivity index (χ3v) is 17.5. The van der Waals surface area contributed by atoms with Crippen LogP contribution in [0, 0.1) is 34.5 Å². The molecule has 3 heterocycles. The third-order valence-electron chi connectivity index (χ3n) is 17.5. The summed E-state index contributed by atoms with van der Waals surface area (Å²) in [6.45, 7) is 10.7. The zero-order valence-electron chi connectivity index (χ0n) is 43.3. The van der Waals surface area contributed by atoms with Crippen molar-refractivity contribution in [2.24, 2.45) is 28.4 Å². The van der Waals surface area contributed by atoms with Crippen LogP contribution in [0.15, 0.2) is 137 Å². The number of β-amino-alcohol motifs (C(OH)–C–C–N with tert-alkyl or cyclic N) is 1. The molecule has 2 fully saturated rings. The highest BCUT2D eigenvalue weighted by Crippen LogP contribution is 2.67. The number of aliphatic hydroxyl groups excluding tert-OH is 3. The molecule has 3 aromatic rings. The van der Waals surface area contributed by atoms with Crippen molar-refractivity contribution in [1.82, 2.24) is 10.6 Å². The largest absolute Gasteiger partial charge is 0.508 e. The Kier molecular flexibility index (Phi) is 16.0. The number of aromatic hydroxyl groups is 1. The highest BCUT2D eigenvalue weighted by atomic mass is 16.5. The molecule has 10 atom stereocenters. The predicted octanol–water partition coefficient (Wildman–Crippen LogP) is 8.12. The van der Waals surface area contributed by atoms with Gasteiger partial charge in [0.2, 0.25) is 5.91 Å². The zero-order chi connectivity index (χ0) is 52.4. The van der Waals surface area contributed by atoms with Gasteiger partial charge in [-0.15, -0.1) is 0 Å². The molecule has 11 nitrogen and oxygen atoms in total. The maximum Gasteiger partial charge on any atom is 0.243 e. The molecule has 11 heteroatoms. The Balaban J connectivity index is 1.12. The van der Waals surface area contributed by atoms with Crippen LogP contribution < -0.4 is 16.4 Å². The fourth-order valence-electron chi connectivity index (χ4n) is 13.4. The number of carbonyl (C=O) groups excluding carboxylic acids is 2. The van der Waals surface area contributed by atoms with E-state index < -0.39 is 52.9 Å². The summed E-state index contributed by atoms with van der Waals surface area (Å²) in [7, 11) is 0. The quantitative estimate of drug-likeness (QED) is 0.0919. The number of aliphatic hydroxyl groups is 4. The monoisotopic (exact) mass is 1000 g/mol. The fraction of sp³-hybridized carbons (Fsp3) is 0.460.